The van der Waals surface area contributed by atoms with Crippen LogP contribution in [0.25, 0.3) is 0 Å². The number of aryl methyl sites for hydroxylation is 2. The maximum absolute atomic E-state index is 12.7. The Morgan fingerprint density at radius 1 is 1.23 bits per heavy atom. The summed E-state index contributed by atoms with van der Waals surface area (Å²) in [7, 11) is 1.96. The van der Waals surface area contributed by atoms with Crippen LogP contribution in [0.15, 0.2) is 30.3 Å². The van der Waals surface area contributed by atoms with E-state index in [2.05, 4.69) is 53.4 Å². The molecule has 140 valence electrons. The quantitative estimate of drug-likeness (QED) is 0.867. The number of carbonyl (C=O) groups excluding carboxylic acids is 1. The topological polar surface area (TPSA) is 50.2 Å². The van der Waals surface area contributed by atoms with Gasteiger partial charge in [-0.1, -0.05) is 37.3 Å². The van der Waals surface area contributed by atoms with E-state index >= 15 is 0 Å². The highest BCUT2D eigenvalue weighted by Crippen LogP contribution is 2.24. The van der Waals surface area contributed by atoms with Gasteiger partial charge in [-0.3, -0.25) is 14.4 Å². The minimum Gasteiger partial charge on any atom is -0.355 e. The Kier molecular flexibility index (Phi) is 5.77. The summed E-state index contributed by atoms with van der Waals surface area (Å²) in [6, 6.07) is 10.5. The number of benzene rings is 1. The van der Waals surface area contributed by atoms with Gasteiger partial charge in [-0.25, -0.2) is 0 Å². The van der Waals surface area contributed by atoms with Gasteiger partial charge in [-0.05, 0) is 37.3 Å². The fraction of sp³-hybridized carbons (Fsp3) is 0.524. The molecule has 2 atom stereocenters. The van der Waals surface area contributed by atoms with Crippen LogP contribution in [0.2, 0.25) is 0 Å². The largest absolute Gasteiger partial charge is 0.355 e. The molecule has 1 N–H and O–H groups in total. The average Bonchev–Trinajstić information content (AvgIpc) is 3.09. The first-order chi connectivity index (χ1) is 12.5. The number of carbonyl (C=O) groups is 1. The van der Waals surface area contributed by atoms with E-state index < -0.39 is 0 Å². The van der Waals surface area contributed by atoms with E-state index in [1.54, 1.807) is 0 Å². The monoisotopic (exact) mass is 354 g/mol. The first-order valence-corrected chi connectivity index (χ1v) is 9.48. The lowest BCUT2D eigenvalue weighted by Gasteiger charge is -2.16. The summed E-state index contributed by atoms with van der Waals surface area (Å²) in [6.45, 7) is 9.71. The second kappa shape index (κ2) is 8.04. The number of nitrogens with one attached hydrogen (secondary N) is 1. The molecule has 0 unspecified atom stereocenters. The van der Waals surface area contributed by atoms with Gasteiger partial charge in [-0.2, -0.15) is 5.10 Å². The van der Waals surface area contributed by atoms with Crippen LogP contribution in [-0.4, -0.2) is 40.2 Å². The van der Waals surface area contributed by atoms with Crippen LogP contribution in [0.5, 0.6) is 0 Å². The Bertz CT molecular complexity index is 753. The zero-order chi connectivity index (χ0) is 18.7. The van der Waals surface area contributed by atoms with Gasteiger partial charge >= 0.3 is 0 Å². The van der Waals surface area contributed by atoms with Crippen molar-refractivity contribution in [2.45, 2.75) is 33.7 Å². The molecule has 0 radical (unpaired) electrons. The molecular formula is C21H30N4O. The smallest absolute Gasteiger partial charge is 0.224 e. The number of aromatic nitrogens is 2. The minimum absolute atomic E-state index is 0.0785. The molecule has 2 aromatic rings. The third-order valence-corrected chi connectivity index (χ3v) is 5.61. The minimum atomic E-state index is 0.0785. The van der Waals surface area contributed by atoms with Crippen LogP contribution in [0.3, 0.4) is 0 Å². The van der Waals surface area contributed by atoms with Crippen molar-refractivity contribution in [2.24, 2.45) is 18.9 Å². The fourth-order valence-corrected chi connectivity index (χ4v) is 4.00. The molecule has 1 amide bonds. The van der Waals surface area contributed by atoms with Gasteiger partial charge in [0.15, 0.2) is 0 Å². The Labute approximate surface area is 156 Å². The van der Waals surface area contributed by atoms with Crippen molar-refractivity contribution in [2.75, 3.05) is 19.6 Å². The number of hydrogen-bond donors (Lipinski definition) is 1. The predicted molar refractivity (Wildman–Crippen MR) is 104 cm³/mol. The van der Waals surface area contributed by atoms with Crippen LogP contribution in [0.4, 0.5) is 0 Å². The lowest BCUT2D eigenvalue weighted by Crippen LogP contribution is -2.35. The van der Waals surface area contributed by atoms with E-state index in [0.29, 0.717) is 12.5 Å². The van der Waals surface area contributed by atoms with Crippen molar-refractivity contribution in [1.82, 2.24) is 20.0 Å². The van der Waals surface area contributed by atoms with Crippen LogP contribution < -0.4 is 5.32 Å². The summed E-state index contributed by atoms with van der Waals surface area (Å²) in [5.41, 5.74) is 4.80. The van der Waals surface area contributed by atoms with Crippen molar-refractivity contribution >= 4 is 5.91 Å². The van der Waals surface area contributed by atoms with E-state index in [1.807, 2.05) is 24.7 Å². The molecule has 1 fully saturated rings. The first-order valence-electron chi connectivity index (χ1n) is 9.48. The molecule has 2 heterocycles. The molecular weight excluding hydrogens is 324 g/mol. The summed E-state index contributed by atoms with van der Waals surface area (Å²) in [5, 5.41) is 7.59. The summed E-state index contributed by atoms with van der Waals surface area (Å²) >= 11 is 0. The summed E-state index contributed by atoms with van der Waals surface area (Å²) in [5.74, 6) is 0.655. The SMILES string of the molecule is Cc1nn(C)c(C)c1CCNC(=O)[C@@H]1CN(Cc2ccccc2)C[C@H]1C. The first kappa shape index (κ1) is 18.6. The number of amides is 1. The normalized spacial score (nSPS) is 20.5. The molecule has 3 rings (SSSR count). The van der Waals surface area contributed by atoms with Gasteiger partial charge < -0.3 is 5.32 Å². The highest BCUT2D eigenvalue weighted by atomic mass is 16.1. The van der Waals surface area contributed by atoms with Crippen molar-refractivity contribution < 1.29 is 4.79 Å². The van der Waals surface area contributed by atoms with E-state index in [0.717, 1.165) is 31.7 Å². The van der Waals surface area contributed by atoms with E-state index in [4.69, 9.17) is 0 Å². The molecule has 1 aromatic heterocycles. The van der Waals surface area contributed by atoms with Gasteiger partial charge in [0.1, 0.15) is 0 Å². The average molecular weight is 354 g/mol. The maximum atomic E-state index is 12.7. The molecule has 1 aliphatic rings. The second-order valence-corrected chi connectivity index (χ2v) is 7.58. The molecule has 26 heavy (non-hydrogen) atoms. The maximum Gasteiger partial charge on any atom is 0.224 e. The van der Waals surface area contributed by atoms with Crippen molar-refractivity contribution in [3.8, 4) is 0 Å². The van der Waals surface area contributed by atoms with Crippen LogP contribution in [0, 0.1) is 25.7 Å². The van der Waals surface area contributed by atoms with Crippen molar-refractivity contribution in [1.29, 1.82) is 0 Å². The van der Waals surface area contributed by atoms with Crippen LogP contribution in [0.1, 0.15) is 29.4 Å². The van der Waals surface area contributed by atoms with E-state index in [1.165, 1.54) is 16.8 Å². The molecule has 0 spiro atoms. The molecule has 5 heteroatoms. The standard InChI is InChI=1S/C21H30N4O/c1-15-12-25(13-18-8-6-5-7-9-18)14-20(15)21(26)22-11-10-19-16(2)23-24(4)17(19)3/h5-9,15,20H,10-14H2,1-4H3,(H,22,26)/t15-,20-/m1/s1. The Balaban J connectivity index is 1.50. The molecule has 0 saturated carbocycles. The van der Waals surface area contributed by atoms with E-state index in [-0.39, 0.29) is 11.8 Å². The van der Waals surface area contributed by atoms with Crippen molar-refractivity contribution in [3.05, 3.63) is 52.8 Å². The summed E-state index contributed by atoms with van der Waals surface area (Å²) < 4.78 is 1.91. The third-order valence-electron chi connectivity index (χ3n) is 5.61. The molecule has 1 aromatic carbocycles. The lowest BCUT2D eigenvalue weighted by molar-refractivity contribution is -0.125. The van der Waals surface area contributed by atoms with Crippen LogP contribution in [-0.2, 0) is 24.8 Å². The zero-order valence-electron chi connectivity index (χ0n) is 16.3. The number of hydrogen-bond acceptors (Lipinski definition) is 3. The van der Waals surface area contributed by atoms with Gasteiger partial charge in [-0.15, -0.1) is 0 Å². The van der Waals surface area contributed by atoms with Crippen LogP contribution >= 0.6 is 0 Å². The highest BCUT2D eigenvalue weighted by Gasteiger charge is 2.34. The number of rotatable bonds is 6. The molecule has 0 aliphatic carbocycles. The van der Waals surface area contributed by atoms with Gasteiger partial charge in [0, 0.05) is 38.9 Å². The lowest BCUT2D eigenvalue weighted by atomic mass is 9.97. The molecule has 1 saturated heterocycles. The zero-order valence-corrected chi connectivity index (χ0v) is 16.3. The van der Waals surface area contributed by atoms with Gasteiger partial charge in [0.05, 0.1) is 11.6 Å². The van der Waals surface area contributed by atoms with Gasteiger partial charge in [0.2, 0.25) is 5.91 Å². The van der Waals surface area contributed by atoms with Gasteiger partial charge in [0.25, 0.3) is 0 Å². The van der Waals surface area contributed by atoms with E-state index in [9.17, 15) is 4.79 Å². The molecule has 5 nitrogen and oxygen atoms in total. The highest BCUT2D eigenvalue weighted by molar-refractivity contribution is 5.79. The fourth-order valence-electron chi connectivity index (χ4n) is 4.00. The summed E-state index contributed by atoms with van der Waals surface area (Å²) in [6.07, 6.45) is 0.839. The van der Waals surface area contributed by atoms with Crippen molar-refractivity contribution in [3.63, 3.8) is 0 Å². The second-order valence-electron chi connectivity index (χ2n) is 7.58. The number of nitrogens with zero attached hydrogens (tertiary/aromatic N) is 3. The Morgan fingerprint density at radius 2 is 1.96 bits per heavy atom. The number of likely N-dealkylation sites (tertiary alicyclic amines) is 1. The molecule has 0 bridgehead atoms. The summed E-state index contributed by atoms with van der Waals surface area (Å²) in [4.78, 5) is 15.0. The Hall–Kier alpha value is -2.14. The Morgan fingerprint density at radius 3 is 2.62 bits per heavy atom. The third kappa shape index (κ3) is 4.15. The molecule has 1 aliphatic heterocycles. The predicted octanol–water partition coefficient (Wildman–Crippen LogP) is 2.46.